The fraction of sp³-hybridized carbons (Fsp3) is 0.556. The first-order valence-corrected chi connectivity index (χ1v) is 10.4. The maximum atomic E-state index is 12.6. The molecule has 10 heteroatoms. The summed E-state index contributed by atoms with van der Waals surface area (Å²) in [5, 5.41) is 8.35. The minimum absolute atomic E-state index is 0. The fourth-order valence-corrected chi connectivity index (χ4v) is 4.14. The first-order valence-electron chi connectivity index (χ1n) is 8.85. The molecule has 3 N–H and O–H groups in total. The van der Waals surface area contributed by atoms with Gasteiger partial charge in [0.2, 0.25) is 15.9 Å². The lowest BCUT2D eigenvalue weighted by Crippen LogP contribution is -2.66. The number of benzene rings is 1. The molecule has 0 bridgehead atoms. The third-order valence-electron chi connectivity index (χ3n) is 4.56. The lowest BCUT2D eigenvalue weighted by Gasteiger charge is -2.49. The second kappa shape index (κ2) is 9.40. The molecule has 0 aromatic heterocycles. The number of halogens is 1. The summed E-state index contributed by atoms with van der Waals surface area (Å²) < 4.78 is 22.7. The van der Waals surface area contributed by atoms with Gasteiger partial charge in [-0.1, -0.05) is 12.1 Å². The zero-order chi connectivity index (χ0) is 20.4. The molecule has 28 heavy (non-hydrogen) atoms. The fourth-order valence-electron chi connectivity index (χ4n) is 3.62. The molecule has 1 saturated heterocycles. The van der Waals surface area contributed by atoms with E-state index in [1.807, 2.05) is 23.6 Å². The van der Waals surface area contributed by atoms with Crippen LogP contribution in [0.4, 0.5) is 0 Å². The molecule has 1 aliphatic heterocycles. The molecule has 0 atom stereocenters. The van der Waals surface area contributed by atoms with E-state index in [-0.39, 0.29) is 52.9 Å². The highest BCUT2D eigenvalue weighted by Gasteiger charge is 2.40. The third kappa shape index (κ3) is 5.80. The number of nitrogens with one attached hydrogen (secondary N) is 1. The van der Waals surface area contributed by atoms with Crippen LogP contribution in [0.5, 0.6) is 0 Å². The van der Waals surface area contributed by atoms with Crippen molar-refractivity contribution in [2.24, 2.45) is 10.1 Å². The molecule has 0 radical (unpaired) electrons. The van der Waals surface area contributed by atoms with E-state index in [1.165, 1.54) is 12.1 Å². The predicted molar refractivity (Wildman–Crippen MR) is 121 cm³/mol. The Hall–Kier alpha value is -1.40. The molecule has 0 aliphatic carbocycles. The van der Waals surface area contributed by atoms with Crippen molar-refractivity contribution in [2.75, 3.05) is 20.1 Å². The second-order valence-electron chi connectivity index (χ2n) is 7.62. The number of nitrogens with two attached hydrogens (primary N) is 1. The Morgan fingerprint density at radius 3 is 2.29 bits per heavy atom. The van der Waals surface area contributed by atoms with Crippen molar-refractivity contribution in [1.82, 2.24) is 15.1 Å². The average Bonchev–Trinajstić information content (AvgIpc) is 2.53. The minimum atomic E-state index is -3.70. The van der Waals surface area contributed by atoms with Gasteiger partial charge in [-0.05, 0) is 45.4 Å². The van der Waals surface area contributed by atoms with Crippen molar-refractivity contribution >= 4 is 45.9 Å². The van der Waals surface area contributed by atoms with Gasteiger partial charge in [0.1, 0.15) is 0 Å². The Balaban J connectivity index is 0.00000392. The molecule has 0 saturated carbocycles. The summed E-state index contributed by atoms with van der Waals surface area (Å²) in [7, 11) is -2.02. The number of carbonyl (C=O) groups is 1. The smallest absolute Gasteiger partial charge is 0.242 e. The average molecular weight is 523 g/mol. The first-order chi connectivity index (χ1) is 12.5. The number of guanidine groups is 1. The van der Waals surface area contributed by atoms with Gasteiger partial charge in [-0.15, -0.1) is 24.0 Å². The van der Waals surface area contributed by atoms with Crippen molar-refractivity contribution in [1.29, 1.82) is 0 Å². The Bertz CT molecular complexity index is 822. The van der Waals surface area contributed by atoms with Crippen molar-refractivity contribution in [3.63, 3.8) is 0 Å². The van der Waals surface area contributed by atoms with E-state index in [4.69, 9.17) is 5.14 Å². The lowest BCUT2D eigenvalue weighted by atomic mass is 9.96. The lowest BCUT2D eigenvalue weighted by molar-refractivity contribution is -0.145. The Labute approximate surface area is 184 Å². The number of primary sulfonamides is 1. The molecule has 8 nitrogen and oxygen atoms in total. The molecule has 1 aliphatic rings. The zero-order valence-electron chi connectivity index (χ0n) is 17.0. The molecule has 1 fully saturated rings. The summed E-state index contributed by atoms with van der Waals surface area (Å²) in [5.74, 6) is 0.706. The molecular formula is C18H30IN5O3S. The van der Waals surface area contributed by atoms with E-state index in [0.29, 0.717) is 19.0 Å². The number of carbonyl (C=O) groups excluding carboxylic acids is 1. The number of aliphatic imine (C=N–C) groups is 1. The number of hydrogen-bond donors (Lipinski definition) is 2. The van der Waals surface area contributed by atoms with Crippen LogP contribution in [-0.2, 0) is 21.4 Å². The maximum Gasteiger partial charge on any atom is 0.242 e. The highest BCUT2D eigenvalue weighted by molar-refractivity contribution is 14.0. The summed E-state index contributed by atoms with van der Waals surface area (Å²) in [6.45, 7) is 9.54. The highest BCUT2D eigenvalue weighted by Crippen LogP contribution is 2.24. The zero-order valence-corrected chi connectivity index (χ0v) is 20.1. The van der Waals surface area contributed by atoms with Crippen LogP contribution in [0, 0.1) is 0 Å². The minimum Gasteiger partial charge on any atom is -0.352 e. The van der Waals surface area contributed by atoms with Crippen molar-refractivity contribution in [2.45, 2.75) is 50.7 Å². The maximum absolute atomic E-state index is 12.6. The van der Waals surface area contributed by atoms with Gasteiger partial charge in [0.25, 0.3) is 0 Å². The SMILES string of the molecule is CN=C(NCc1ccc(S(N)(=O)=O)cc1)N1CC(=O)N(C(C)C)C(C)(C)C1.I. The number of rotatable bonds is 4. The quantitative estimate of drug-likeness (QED) is 0.352. The first kappa shape index (κ1) is 24.6. The number of hydrogen-bond acceptors (Lipinski definition) is 4. The van der Waals surface area contributed by atoms with Crippen molar-refractivity contribution < 1.29 is 13.2 Å². The Kier molecular flexibility index (Phi) is 8.27. The van der Waals surface area contributed by atoms with E-state index in [2.05, 4.69) is 24.2 Å². The van der Waals surface area contributed by atoms with Crippen LogP contribution in [0.3, 0.4) is 0 Å². The van der Waals surface area contributed by atoms with Crippen LogP contribution in [0.2, 0.25) is 0 Å². The molecule has 1 heterocycles. The third-order valence-corrected chi connectivity index (χ3v) is 5.48. The van der Waals surface area contributed by atoms with Gasteiger partial charge in [0, 0.05) is 26.2 Å². The van der Waals surface area contributed by atoms with Crippen LogP contribution in [0.25, 0.3) is 0 Å². The summed E-state index contributed by atoms with van der Waals surface area (Å²) in [6.07, 6.45) is 0. The number of sulfonamides is 1. The molecule has 158 valence electrons. The van der Waals surface area contributed by atoms with Gasteiger partial charge in [-0.2, -0.15) is 0 Å². The van der Waals surface area contributed by atoms with Gasteiger partial charge < -0.3 is 15.1 Å². The molecule has 0 unspecified atom stereocenters. The number of amides is 1. The van der Waals surface area contributed by atoms with Gasteiger partial charge >= 0.3 is 0 Å². The monoisotopic (exact) mass is 523 g/mol. The van der Waals surface area contributed by atoms with Crippen LogP contribution in [0.15, 0.2) is 34.2 Å². The molecule has 1 amide bonds. The van der Waals surface area contributed by atoms with Crippen LogP contribution in [-0.4, -0.2) is 61.8 Å². The van der Waals surface area contributed by atoms with Crippen LogP contribution < -0.4 is 10.5 Å². The summed E-state index contributed by atoms with van der Waals surface area (Å²) in [5.41, 5.74) is 0.577. The van der Waals surface area contributed by atoms with E-state index in [0.717, 1.165) is 5.56 Å². The summed E-state index contributed by atoms with van der Waals surface area (Å²) in [4.78, 5) is 20.9. The normalized spacial score (nSPS) is 17.5. The van der Waals surface area contributed by atoms with Crippen molar-refractivity contribution in [3.8, 4) is 0 Å². The second-order valence-corrected chi connectivity index (χ2v) is 9.18. The van der Waals surface area contributed by atoms with Crippen LogP contribution in [0.1, 0.15) is 33.3 Å². The van der Waals surface area contributed by atoms with Crippen LogP contribution >= 0.6 is 24.0 Å². The Morgan fingerprint density at radius 2 is 1.86 bits per heavy atom. The molecule has 2 rings (SSSR count). The van der Waals surface area contributed by atoms with E-state index < -0.39 is 10.0 Å². The van der Waals surface area contributed by atoms with E-state index in [9.17, 15) is 13.2 Å². The van der Waals surface area contributed by atoms with Crippen molar-refractivity contribution in [3.05, 3.63) is 29.8 Å². The van der Waals surface area contributed by atoms with Gasteiger partial charge in [0.15, 0.2) is 5.96 Å². The number of piperazine rings is 1. The number of nitrogens with zero attached hydrogens (tertiary/aromatic N) is 3. The summed E-state index contributed by atoms with van der Waals surface area (Å²) in [6, 6.07) is 6.49. The van der Waals surface area contributed by atoms with E-state index in [1.54, 1.807) is 19.2 Å². The van der Waals surface area contributed by atoms with Gasteiger partial charge in [0.05, 0.1) is 17.0 Å². The van der Waals surface area contributed by atoms with E-state index >= 15 is 0 Å². The predicted octanol–water partition coefficient (Wildman–Crippen LogP) is 1.36. The molecule has 1 aromatic rings. The summed E-state index contributed by atoms with van der Waals surface area (Å²) >= 11 is 0. The van der Waals surface area contributed by atoms with Gasteiger partial charge in [-0.25, -0.2) is 13.6 Å². The standard InChI is InChI=1S/C18H29N5O3S.HI/c1-13(2)23-16(24)11-22(12-18(23,3)4)17(20-5)21-10-14-6-8-15(9-7-14)27(19,25)26;/h6-9,13H,10-12H2,1-5H3,(H,20,21)(H2,19,25,26);1H. The molecule has 0 spiro atoms. The Morgan fingerprint density at radius 1 is 1.29 bits per heavy atom. The molecular weight excluding hydrogens is 493 g/mol. The molecule has 1 aromatic carbocycles. The van der Waals surface area contributed by atoms with Gasteiger partial charge in [-0.3, -0.25) is 9.79 Å². The largest absolute Gasteiger partial charge is 0.352 e. The topological polar surface area (TPSA) is 108 Å². The highest BCUT2D eigenvalue weighted by atomic mass is 127.